The predicted molar refractivity (Wildman–Crippen MR) is 59.2 cm³/mol. The molecule has 88 valence electrons. The number of carbonyl (C=O) groups is 2. The fraction of sp³-hybridized carbons (Fsp3) is 0.800. The van der Waals surface area contributed by atoms with E-state index in [9.17, 15) is 9.59 Å². The van der Waals surface area contributed by atoms with E-state index in [-0.39, 0.29) is 24.3 Å². The molecular weight excluding hydrogens is 194 g/mol. The van der Waals surface area contributed by atoms with Crippen molar-refractivity contribution in [3.63, 3.8) is 0 Å². The summed E-state index contributed by atoms with van der Waals surface area (Å²) in [5.74, 6) is -0.421. The van der Waals surface area contributed by atoms with Crippen molar-refractivity contribution >= 4 is 11.8 Å². The zero-order chi connectivity index (χ0) is 11.8. The topological polar surface area (TPSA) is 75.4 Å². The van der Waals surface area contributed by atoms with Gasteiger partial charge in [-0.25, -0.2) is 0 Å². The Bertz CT molecular complexity index is 217. The Morgan fingerprint density at radius 1 is 1.40 bits per heavy atom. The second-order valence-corrected chi connectivity index (χ2v) is 3.73. The number of amides is 2. The third kappa shape index (κ3) is 5.37. The van der Waals surface area contributed by atoms with Gasteiger partial charge in [-0.2, -0.15) is 0 Å². The molecule has 0 aromatic heterocycles. The molecule has 0 aromatic rings. The minimum Gasteiger partial charge on any atom is -0.347 e. The summed E-state index contributed by atoms with van der Waals surface area (Å²) in [6.07, 6.45) is 1.68. The van der Waals surface area contributed by atoms with Crippen LogP contribution in [-0.2, 0) is 9.59 Å². The van der Waals surface area contributed by atoms with Gasteiger partial charge in [0.15, 0.2) is 0 Å². The minimum absolute atomic E-state index is 0.0477. The van der Waals surface area contributed by atoms with Gasteiger partial charge in [-0.05, 0) is 6.42 Å². The molecule has 0 aromatic carbocycles. The molecule has 5 heteroatoms. The van der Waals surface area contributed by atoms with Crippen molar-refractivity contribution in [2.24, 2.45) is 11.7 Å². The van der Waals surface area contributed by atoms with E-state index in [4.69, 9.17) is 5.73 Å². The number of nitrogens with one attached hydrogen (secondary N) is 1. The van der Waals surface area contributed by atoms with Crippen LogP contribution in [0.3, 0.4) is 0 Å². The molecule has 0 spiro atoms. The fourth-order valence-corrected chi connectivity index (χ4v) is 1.17. The lowest BCUT2D eigenvalue weighted by Crippen LogP contribution is -2.41. The highest BCUT2D eigenvalue weighted by molar-refractivity contribution is 5.85. The smallest absolute Gasteiger partial charge is 0.241 e. The van der Waals surface area contributed by atoms with Crippen LogP contribution in [0.5, 0.6) is 0 Å². The molecule has 2 amide bonds. The quantitative estimate of drug-likeness (QED) is 0.631. The monoisotopic (exact) mass is 215 g/mol. The summed E-state index contributed by atoms with van der Waals surface area (Å²) in [6.45, 7) is 2.38. The minimum atomic E-state index is -0.176. The SMILES string of the molecule is CCCC(CN)C(=O)NCC(=O)N(C)C. The maximum atomic E-state index is 11.5. The number of carbonyl (C=O) groups excluding carboxylic acids is 2. The van der Waals surface area contributed by atoms with Crippen molar-refractivity contribution < 1.29 is 9.59 Å². The molecule has 0 radical (unpaired) electrons. The average molecular weight is 215 g/mol. The van der Waals surface area contributed by atoms with Crippen molar-refractivity contribution in [1.29, 1.82) is 0 Å². The molecule has 0 saturated carbocycles. The molecule has 0 heterocycles. The van der Waals surface area contributed by atoms with Gasteiger partial charge in [0.05, 0.1) is 12.5 Å². The van der Waals surface area contributed by atoms with Crippen molar-refractivity contribution in [1.82, 2.24) is 10.2 Å². The summed E-state index contributed by atoms with van der Waals surface area (Å²) in [5.41, 5.74) is 5.47. The molecule has 0 aliphatic rings. The van der Waals surface area contributed by atoms with E-state index in [0.717, 1.165) is 12.8 Å². The molecule has 0 fully saturated rings. The van der Waals surface area contributed by atoms with Crippen LogP contribution in [0.1, 0.15) is 19.8 Å². The molecule has 3 N–H and O–H groups in total. The number of nitrogens with two attached hydrogens (primary N) is 1. The second-order valence-electron chi connectivity index (χ2n) is 3.73. The lowest BCUT2D eigenvalue weighted by molar-refractivity contribution is -0.132. The van der Waals surface area contributed by atoms with E-state index < -0.39 is 0 Å². The van der Waals surface area contributed by atoms with Gasteiger partial charge in [0, 0.05) is 20.6 Å². The van der Waals surface area contributed by atoms with Gasteiger partial charge < -0.3 is 16.0 Å². The van der Waals surface area contributed by atoms with Crippen molar-refractivity contribution in [3.8, 4) is 0 Å². The van der Waals surface area contributed by atoms with Gasteiger partial charge in [0.2, 0.25) is 11.8 Å². The Kier molecular flexibility index (Phi) is 6.70. The van der Waals surface area contributed by atoms with Crippen LogP contribution in [0, 0.1) is 5.92 Å². The van der Waals surface area contributed by atoms with Crippen LogP contribution >= 0.6 is 0 Å². The first-order chi connectivity index (χ1) is 7.02. The molecule has 0 bridgehead atoms. The first-order valence-corrected chi connectivity index (χ1v) is 5.20. The van der Waals surface area contributed by atoms with Gasteiger partial charge >= 0.3 is 0 Å². The summed E-state index contributed by atoms with van der Waals surface area (Å²) in [5, 5.41) is 2.59. The van der Waals surface area contributed by atoms with Crippen molar-refractivity contribution in [2.75, 3.05) is 27.2 Å². The van der Waals surface area contributed by atoms with E-state index in [1.54, 1.807) is 14.1 Å². The van der Waals surface area contributed by atoms with Crippen LogP contribution in [0.2, 0.25) is 0 Å². The fourth-order valence-electron chi connectivity index (χ4n) is 1.17. The van der Waals surface area contributed by atoms with E-state index >= 15 is 0 Å². The Hall–Kier alpha value is -1.10. The van der Waals surface area contributed by atoms with E-state index in [0.29, 0.717) is 6.54 Å². The van der Waals surface area contributed by atoms with Gasteiger partial charge in [-0.15, -0.1) is 0 Å². The van der Waals surface area contributed by atoms with Crippen LogP contribution < -0.4 is 11.1 Å². The molecule has 15 heavy (non-hydrogen) atoms. The highest BCUT2D eigenvalue weighted by Crippen LogP contribution is 2.03. The van der Waals surface area contributed by atoms with E-state index in [1.165, 1.54) is 4.90 Å². The number of likely N-dealkylation sites (N-methyl/N-ethyl adjacent to an activating group) is 1. The number of hydrogen-bond acceptors (Lipinski definition) is 3. The Morgan fingerprint density at radius 3 is 2.40 bits per heavy atom. The summed E-state index contributed by atoms with van der Waals surface area (Å²) in [6, 6.07) is 0. The maximum absolute atomic E-state index is 11.5. The molecule has 0 aliphatic carbocycles. The Labute approximate surface area is 91.0 Å². The molecule has 0 aliphatic heterocycles. The van der Waals surface area contributed by atoms with Crippen LogP contribution in [0.25, 0.3) is 0 Å². The second kappa shape index (κ2) is 7.23. The van der Waals surface area contributed by atoms with Gasteiger partial charge in [-0.3, -0.25) is 9.59 Å². The van der Waals surface area contributed by atoms with Gasteiger partial charge in [0.25, 0.3) is 0 Å². The van der Waals surface area contributed by atoms with E-state index in [2.05, 4.69) is 5.32 Å². The maximum Gasteiger partial charge on any atom is 0.241 e. The zero-order valence-electron chi connectivity index (χ0n) is 9.75. The summed E-state index contributed by atoms with van der Waals surface area (Å²) < 4.78 is 0. The molecule has 0 rings (SSSR count). The first kappa shape index (κ1) is 13.9. The van der Waals surface area contributed by atoms with E-state index in [1.807, 2.05) is 6.92 Å². The largest absolute Gasteiger partial charge is 0.347 e. The van der Waals surface area contributed by atoms with Crippen molar-refractivity contribution in [3.05, 3.63) is 0 Å². The van der Waals surface area contributed by atoms with Gasteiger partial charge in [-0.1, -0.05) is 13.3 Å². The average Bonchev–Trinajstić information content (AvgIpc) is 2.21. The molecule has 1 unspecified atom stereocenters. The first-order valence-electron chi connectivity index (χ1n) is 5.20. The molecule has 5 nitrogen and oxygen atoms in total. The van der Waals surface area contributed by atoms with Gasteiger partial charge in [0.1, 0.15) is 0 Å². The molecule has 0 saturated heterocycles. The van der Waals surface area contributed by atoms with Crippen LogP contribution in [-0.4, -0.2) is 43.9 Å². The standard InChI is InChI=1S/C10H21N3O2/c1-4-5-8(6-11)10(15)12-7-9(14)13(2)3/h8H,4-7,11H2,1-3H3,(H,12,15). The third-order valence-corrected chi connectivity index (χ3v) is 2.21. The number of rotatable bonds is 6. The number of hydrogen-bond donors (Lipinski definition) is 2. The van der Waals surface area contributed by atoms with Crippen molar-refractivity contribution in [2.45, 2.75) is 19.8 Å². The summed E-state index contributed by atoms with van der Waals surface area (Å²) in [7, 11) is 3.31. The lowest BCUT2D eigenvalue weighted by atomic mass is 10.0. The normalized spacial score (nSPS) is 12.0. The lowest BCUT2D eigenvalue weighted by Gasteiger charge is -2.15. The molecule has 1 atom stereocenters. The van der Waals surface area contributed by atoms with Crippen LogP contribution in [0.15, 0.2) is 0 Å². The molecular formula is C10H21N3O2. The van der Waals surface area contributed by atoms with Crippen LogP contribution in [0.4, 0.5) is 0 Å². The highest BCUT2D eigenvalue weighted by atomic mass is 16.2. The predicted octanol–water partition coefficient (Wildman–Crippen LogP) is -0.434. The number of nitrogens with zero attached hydrogens (tertiary/aromatic N) is 1. The Balaban J connectivity index is 3.95. The summed E-state index contributed by atoms with van der Waals surface area (Å²) in [4.78, 5) is 24.2. The highest BCUT2D eigenvalue weighted by Gasteiger charge is 2.16. The third-order valence-electron chi connectivity index (χ3n) is 2.21. The zero-order valence-corrected chi connectivity index (χ0v) is 9.75. The summed E-state index contributed by atoms with van der Waals surface area (Å²) >= 11 is 0. The Morgan fingerprint density at radius 2 is 2.00 bits per heavy atom.